The number of rotatable bonds is 8. The molecule has 0 radical (unpaired) electrons. The maximum atomic E-state index is 14.5. The first-order valence-electron chi connectivity index (χ1n) is 9.92. The Balaban J connectivity index is 1.54. The van der Waals surface area contributed by atoms with Crippen molar-refractivity contribution < 1.29 is 30.5 Å². The summed E-state index contributed by atoms with van der Waals surface area (Å²) >= 11 is 0. The molecule has 0 saturated carbocycles. The molecule has 2 heterocycles. The molecule has 0 amide bonds. The molecule has 2 aromatic carbocycles. The predicted octanol–water partition coefficient (Wildman–Crippen LogP) is 3.82. The molecular weight excluding hydrogens is 492 g/mol. The number of aromatic nitrogens is 4. The van der Waals surface area contributed by atoms with Gasteiger partial charge in [-0.05, 0) is 18.2 Å². The molecule has 35 heavy (non-hydrogen) atoms. The number of hydrogen-bond donors (Lipinski definition) is 2. The third kappa shape index (κ3) is 5.78. The smallest absolute Gasteiger partial charge is 0.346 e. The lowest BCUT2D eigenvalue weighted by molar-refractivity contribution is -0.159. The lowest BCUT2D eigenvalue weighted by Crippen LogP contribution is -2.32. The molecule has 0 saturated heterocycles. The molecule has 0 aliphatic heterocycles. The topological polar surface area (TPSA) is 123 Å². The molecule has 0 spiro atoms. The van der Waals surface area contributed by atoms with Crippen molar-refractivity contribution in [3.05, 3.63) is 84.3 Å². The Kier molecular flexibility index (Phi) is 6.75. The largest absolute Gasteiger partial charge is 0.471 e. The van der Waals surface area contributed by atoms with Gasteiger partial charge in [-0.2, -0.15) is 18.2 Å². The zero-order chi connectivity index (χ0) is 25.1. The zero-order valence-electron chi connectivity index (χ0n) is 17.6. The van der Waals surface area contributed by atoms with Gasteiger partial charge in [0.15, 0.2) is 0 Å². The van der Waals surface area contributed by atoms with E-state index in [1.807, 2.05) is 0 Å². The fraction of sp³-hybridized carbons (Fsp3) is 0.143. The molecule has 0 bridgehead atoms. The van der Waals surface area contributed by atoms with E-state index in [0.717, 1.165) is 12.4 Å². The van der Waals surface area contributed by atoms with Crippen LogP contribution in [-0.2, 0) is 16.2 Å². The molecule has 182 valence electrons. The molecule has 0 aliphatic carbocycles. The van der Waals surface area contributed by atoms with E-state index in [0.29, 0.717) is 0 Å². The fourth-order valence-corrected chi connectivity index (χ4v) is 4.07. The van der Waals surface area contributed by atoms with Crippen LogP contribution in [0.1, 0.15) is 17.5 Å². The molecule has 14 heteroatoms. The summed E-state index contributed by atoms with van der Waals surface area (Å²) in [6.07, 6.45) is -2.51. The highest BCUT2D eigenvalue weighted by Gasteiger charge is 2.38. The summed E-state index contributed by atoms with van der Waals surface area (Å²) in [6.45, 7) is -0.261. The number of nitrogens with one attached hydrogen (secondary N) is 2. The summed E-state index contributed by atoms with van der Waals surface area (Å²) < 4.78 is 84.3. The lowest BCUT2D eigenvalue weighted by Gasteiger charge is -2.20. The number of alkyl halides is 3. The van der Waals surface area contributed by atoms with Gasteiger partial charge in [0, 0.05) is 24.5 Å². The van der Waals surface area contributed by atoms with Gasteiger partial charge in [0.25, 0.3) is 0 Å². The molecule has 9 nitrogen and oxygen atoms in total. The minimum Gasteiger partial charge on any atom is -0.346 e. The second-order valence-corrected chi connectivity index (χ2v) is 8.87. The minimum atomic E-state index is -4.80. The van der Waals surface area contributed by atoms with Crippen LogP contribution in [0.4, 0.5) is 23.5 Å². The Morgan fingerprint density at radius 1 is 0.971 bits per heavy atom. The number of anilines is 1. The molecule has 0 aliphatic rings. The van der Waals surface area contributed by atoms with E-state index in [-0.39, 0.29) is 34.3 Å². The summed E-state index contributed by atoms with van der Waals surface area (Å²) in [7, 11) is -3.89. The van der Waals surface area contributed by atoms with Crippen LogP contribution in [-0.4, -0.2) is 35.1 Å². The van der Waals surface area contributed by atoms with Gasteiger partial charge in [-0.1, -0.05) is 41.6 Å². The molecular formula is C21H16F4N6O3S. The summed E-state index contributed by atoms with van der Waals surface area (Å²) in [5.41, 5.74) is 0.186. The van der Waals surface area contributed by atoms with Crippen molar-refractivity contribution in [2.75, 3.05) is 11.9 Å². The number of nitrogens with zero attached hydrogens (tertiary/aromatic N) is 4. The van der Waals surface area contributed by atoms with E-state index in [1.54, 1.807) is 24.3 Å². The first kappa shape index (κ1) is 24.2. The highest BCUT2D eigenvalue weighted by atomic mass is 32.2. The van der Waals surface area contributed by atoms with Crippen LogP contribution in [0.25, 0.3) is 11.4 Å². The quantitative estimate of drug-likeness (QED) is 0.345. The van der Waals surface area contributed by atoms with E-state index < -0.39 is 33.9 Å². The van der Waals surface area contributed by atoms with Gasteiger partial charge in [0.1, 0.15) is 5.82 Å². The normalized spacial score (nSPS) is 12.9. The van der Waals surface area contributed by atoms with Crippen molar-refractivity contribution in [2.45, 2.75) is 17.1 Å². The second kappa shape index (κ2) is 9.76. The number of benzene rings is 2. The zero-order valence-corrected chi connectivity index (χ0v) is 18.4. The highest BCUT2D eigenvalue weighted by molar-refractivity contribution is 7.89. The Labute approximate surface area is 196 Å². The van der Waals surface area contributed by atoms with Crippen LogP contribution >= 0.6 is 0 Å². The van der Waals surface area contributed by atoms with Crippen LogP contribution in [0, 0.1) is 5.82 Å². The van der Waals surface area contributed by atoms with Gasteiger partial charge >= 0.3 is 12.1 Å². The van der Waals surface area contributed by atoms with Crippen LogP contribution in [0.3, 0.4) is 0 Å². The molecule has 1 unspecified atom stereocenters. The summed E-state index contributed by atoms with van der Waals surface area (Å²) in [6, 6.07) is 12.5. The summed E-state index contributed by atoms with van der Waals surface area (Å²) in [5.74, 6) is -2.52. The monoisotopic (exact) mass is 508 g/mol. The van der Waals surface area contributed by atoms with Crippen LogP contribution in [0.15, 0.2) is 76.4 Å². The molecule has 4 rings (SSSR count). The first-order chi connectivity index (χ1) is 16.6. The van der Waals surface area contributed by atoms with Crippen molar-refractivity contribution in [1.29, 1.82) is 0 Å². The van der Waals surface area contributed by atoms with E-state index in [1.165, 1.54) is 30.3 Å². The van der Waals surface area contributed by atoms with Gasteiger partial charge in [-0.25, -0.2) is 27.5 Å². The number of halogens is 4. The fourth-order valence-electron chi connectivity index (χ4n) is 3.00. The van der Waals surface area contributed by atoms with E-state index >= 15 is 0 Å². The molecule has 2 N–H and O–H groups in total. The van der Waals surface area contributed by atoms with Gasteiger partial charge < -0.3 is 9.84 Å². The Morgan fingerprint density at radius 3 is 2.26 bits per heavy atom. The summed E-state index contributed by atoms with van der Waals surface area (Å²) in [5, 5.41) is 6.09. The van der Waals surface area contributed by atoms with Gasteiger partial charge in [-0.15, -0.1) is 0 Å². The predicted molar refractivity (Wildman–Crippen MR) is 115 cm³/mol. The van der Waals surface area contributed by atoms with Gasteiger partial charge in [-0.3, -0.25) is 0 Å². The van der Waals surface area contributed by atoms with E-state index in [4.69, 9.17) is 0 Å². The van der Waals surface area contributed by atoms with Crippen molar-refractivity contribution >= 4 is 16.0 Å². The third-order valence-electron chi connectivity index (χ3n) is 4.69. The van der Waals surface area contributed by atoms with Gasteiger partial charge in [0.2, 0.25) is 21.8 Å². The number of sulfonamides is 1. The average Bonchev–Trinajstić information content (AvgIpc) is 3.34. The Bertz CT molecular complexity index is 1400. The molecule has 0 fully saturated rings. The van der Waals surface area contributed by atoms with Crippen LogP contribution in [0.2, 0.25) is 0 Å². The standard InChI is InChI=1S/C21H16F4N6O3S/c22-16-9-5-4-8-15(16)17(12-28-35(32,33)14-6-2-1-3-7-14)29-20-26-10-13(11-27-20)18-30-19(34-31-18)21(23,24)25/h1-11,17,28H,12H2,(H,26,27,29). The minimum absolute atomic E-state index is 0.0335. The van der Waals surface area contributed by atoms with Crippen molar-refractivity contribution in [3.63, 3.8) is 0 Å². The van der Waals surface area contributed by atoms with Crippen molar-refractivity contribution in [3.8, 4) is 11.4 Å². The lowest BCUT2D eigenvalue weighted by atomic mass is 10.1. The highest BCUT2D eigenvalue weighted by Crippen LogP contribution is 2.29. The van der Waals surface area contributed by atoms with E-state index in [2.05, 4.69) is 34.7 Å². The Morgan fingerprint density at radius 2 is 1.63 bits per heavy atom. The van der Waals surface area contributed by atoms with Crippen LogP contribution < -0.4 is 10.0 Å². The summed E-state index contributed by atoms with van der Waals surface area (Å²) in [4.78, 5) is 11.3. The van der Waals surface area contributed by atoms with Crippen molar-refractivity contribution in [2.24, 2.45) is 0 Å². The van der Waals surface area contributed by atoms with E-state index in [9.17, 15) is 26.0 Å². The maximum Gasteiger partial charge on any atom is 0.471 e. The molecule has 2 aromatic heterocycles. The first-order valence-corrected chi connectivity index (χ1v) is 11.4. The molecule has 4 aromatic rings. The molecule has 1 atom stereocenters. The average molecular weight is 508 g/mol. The Hall–Kier alpha value is -3.91. The second-order valence-electron chi connectivity index (χ2n) is 7.10. The number of hydrogen-bond acceptors (Lipinski definition) is 8. The third-order valence-corrected chi connectivity index (χ3v) is 6.13. The van der Waals surface area contributed by atoms with Crippen molar-refractivity contribution in [1.82, 2.24) is 24.8 Å². The van der Waals surface area contributed by atoms with Crippen LogP contribution in [0.5, 0.6) is 0 Å². The van der Waals surface area contributed by atoms with Gasteiger partial charge in [0.05, 0.1) is 16.5 Å². The SMILES string of the molecule is O=S(=O)(NCC(Nc1ncc(-c2noc(C(F)(F)F)n2)cn1)c1ccccc1F)c1ccccc1. The maximum absolute atomic E-state index is 14.5.